The third kappa shape index (κ3) is 3.83. The molecule has 1 aliphatic rings. The van der Waals surface area contributed by atoms with Crippen LogP contribution >= 0.6 is 15.9 Å². The van der Waals surface area contributed by atoms with E-state index < -0.39 is 0 Å². The number of halogens is 1. The lowest BCUT2D eigenvalue weighted by Gasteiger charge is -2.34. The van der Waals surface area contributed by atoms with Gasteiger partial charge in [-0.2, -0.15) is 0 Å². The predicted molar refractivity (Wildman–Crippen MR) is 90.5 cm³/mol. The van der Waals surface area contributed by atoms with Gasteiger partial charge in [0.2, 0.25) is 0 Å². The highest BCUT2D eigenvalue weighted by molar-refractivity contribution is 9.10. The molecular weight excluding hydrogens is 326 g/mol. The van der Waals surface area contributed by atoms with E-state index in [2.05, 4.69) is 67.5 Å². The zero-order valence-electron chi connectivity index (χ0n) is 12.0. The Bertz CT molecular complexity index is 565. The van der Waals surface area contributed by atoms with E-state index in [9.17, 15) is 0 Å². The summed E-state index contributed by atoms with van der Waals surface area (Å²) in [6, 6.07) is 13.2. The van der Waals surface area contributed by atoms with Crippen molar-refractivity contribution in [2.24, 2.45) is 0 Å². The molecule has 0 bridgehead atoms. The van der Waals surface area contributed by atoms with Gasteiger partial charge in [0.15, 0.2) is 0 Å². The van der Waals surface area contributed by atoms with E-state index in [0.29, 0.717) is 6.04 Å². The van der Waals surface area contributed by atoms with Crippen LogP contribution in [0.4, 0.5) is 5.69 Å². The summed E-state index contributed by atoms with van der Waals surface area (Å²) in [7, 11) is 0. The molecule has 0 saturated carbocycles. The maximum Gasteiger partial charge on any atom is 0.0397 e. The van der Waals surface area contributed by atoms with Crippen molar-refractivity contribution < 1.29 is 0 Å². The van der Waals surface area contributed by atoms with Crippen molar-refractivity contribution in [3.05, 3.63) is 58.8 Å². The predicted octanol–water partition coefficient (Wildman–Crippen LogP) is 3.60. The van der Waals surface area contributed by atoms with Crippen molar-refractivity contribution in [3.8, 4) is 0 Å². The van der Waals surface area contributed by atoms with Crippen molar-refractivity contribution in [2.45, 2.75) is 25.4 Å². The van der Waals surface area contributed by atoms with Crippen LogP contribution in [0.15, 0.2) is 53.3 Å². The Kier molecular flexibility index (Phi) is 4.88. The molecular formula is C17H20BrN3. The van der Waals surface area contributed by atoms with Gasteiger partial charge in [-0.1, -0.05) is 34.1 Å². The lowest BCUT2D eigenvalue weighted by molar-refractivity contribution is 0.414. The zero-order chi connectivity index (χ0) is 14.5. The van der Waals surface area contributed by atoms with Crippen LogP contribution in [0.1, 0.15) is 18.4 Å². The second-order valence-electron chi connectivity index (χ2n) is 5.44. The van der Waals surface area contributed by atoms with Crippen LogP contribution in [0.2, 0.25) is 0 Å². The Hall–Kier alpha value is -1.39. The molecule has 1 N–H and O–H groups in total. The van der Waals surface area contributed by atoms with Gasteiger partial charge in [0.1, 0.15) is 0 Å². The number of hydrogen-bond donors (Lipinski definition) is 1. The van der Waals surface area contributed by atoms with Gasteiger partial charge in [0.25, 0.3) is 0 Å². The molecule has 4 heteroatoms. The van der Waals surface area contributed by atoms with E-state index in [4.69, 9.17) is 0 Å². The standard InChI is InChI=1S/C17H20BrN3/c18-17-4-2-1-3-14(17)13-20-15-7-11-21(12-8-15)16-5-9-19-10-6-16/h1-6,9-10,15,20H,7-8,11-13H2. The highest BCUT2D eigenvalue weighted by Crippen LogP contribution is 2.20. The second kappa shape index (κ2) is 7.05. The number of piperidine rings is 1. The Balaban J connectivity index is 1.49. The first kappa shape index (κ1) is 14.5. The molecule has 0 spiro atoms. The average molecular weight is 346 g/mol. The SMILES string of the molecule is Brc1ccccc1CNC1CCN(c2ccncc2)CC1. The van der Waals surface area contributed by atoms with E-state index in [1.165, 1.54) is 28.6 Å². The van der Waals surface area contributed by atoms with Gasteiger partial charge in [0.05, 0.1) is 0 Å². The van der Waals surface area contributed by atoms with E-state index in [-0.39, 0.29) is 0 Å². The first-order chi connectivity index (χ1) is 10.3. The van der Waals surface area contributed by atoms with Gasteiger partial charge in [-0.05, 0) is 36.6 Å². The fraction of sp³-hybridized carbons (Fsp3) is 0.353. The molecule has 1 aliphatic heterocycles. The van der Waals surface area contributed by atoms with Crippen LogP contribution in [-0.4, -0.2) is 24.1 Å². The van der Waals surface area contributed by atoms with E-state index >= 15 is 0 Å². The molecule has 3 nitrogen and oxygen atoms in total. The molecule has 1 aromatic heterocycles. The first-order valence-corrected chi connectivity index (χ1v) is 8.24. The normalized spacial score (nSPS) is 16.1. The van der Waals surface area contributed by atoms with Gasteiger partial charge in [-0.15, -0.1) is 0 Å². The van der Waals surface area contributed by atoms with E-state index in [1.54, 1.807) is 0 Å². The Morgan fingerprint density at radius 3 is 2.52 bits per heavy atom. The van der Waals surface area contributed by atoms with Gasteiger partial charge in [-0.25, -0.2) is 0 Å². The first-order valence-electron chi connectivity index (χ1n) is 7.45. The summed E-state index contributed by atoms with van der Waals surface area (Å²) in [5.41, 5.74) is 2.61. The number of nitrogens with one attached hydrogen (secondary N) is 1. The van der Waals surface area contributed by atoms with Crippen LogP contribution < -0.4 is 10.2 Å². The molecule has 1 aromatic carbocycles. The minimum Gasteiger partial charge on any atom is -0.371 e. The summed E-state index contributed by atoms with van der Waals surface area (Å²) >= 11 is 3.61. The molecule has 3 rings (SSSR count). The molecule has 2 heterocycles. The molecule has 110 valence electrons. The molecule has 0 radical (unpaired) electrons. The topological polar surface area (TPSA) is 28.2 Å². The smallest absolute Gasteiger partial charge is 0.0397 e. The summed E-state index contributed by atoms with van der Waals surface area (Å²) < 4.78 is 1.19. The molecule has 1 fully saturated rings. The molecule has 2 aromatic rings. The molecule has 21 heavy (non-hydrogen) atoms. The fourth-order valence-corrected chi connectivity index (χ4v) is 3.22. The third-order valence-electron chi connectivity index (χ3n) is 4.06. The van der Waals surface area contributed by atoms with Crippen LogP contribution in [0.5, 0.6) is 0 Å². The highest BCUT2D eigenvalue weighted by Gasteiger charge is 2.19. The molecule has 0 unspecified atom stereocenters. The number of nitrogens with zero attached hydrogens (tertiary/aromatic N) is 2. The number of aromatic nitrogens is 1. The summed E-state index contributed by atoms with van der Waals surface area (Å²) in [6.45, 7) is 3.15. The monoisotopic (exact) mass is 345 g/mol. The molecule has 0 atom stereocenters. The quantitative estimate of drug-likeness (QED) is 0.917. The van der Waals surface area contributed by atoms with Gasteiger partial charge in [-0.3, -0.25) is 4.98 Å². The number of hydrogen-bond acceptors (Lipinski definition) is 3. The van der Waals surface area contributed by atoms with Gasteiger partial charge >= 0.3 is 0 Å². The third-order valence-corrected chi connectivity index (χ3v) is 4.84. The summed E-state index contributed by atoms with van der Waals surface area (Å²) in [5.74, 6) is 0. The Morgan fingerprint density at radius 1 is 1.10 bits per heavy atom. The molecule has 0 amide bonds. The van der Waals surface area contributed by atoms with Crippen LogP contribution in [0.25, 0.3) is 0 Å². The molecule has 1 saturated heterocycles. The van der Waals surface area contributed by atoms with Crippen LogP contribution in [-0.2, 0) is 6.54 Å². The maximum absolute atomic E-state index is 4.08. The van der Waals surface area contributed by atoms with Crippen LogP contribution in [0, 0.1) is 0 Å². The Labute approximate surface area is 134 Å². The highest BCUT2D eigenvalue weighted by atomic mass is 79.9. The number of benzene rings is 1. The minimum atomic E-state index is 0.607. The fourth-order valence-electron chi connectivity index (χ4n) is 2.79. The summed E-state index contributed by atoms with van der Waals surface area (Å²) in [5, 5.41) is 3.68. The molecule has 0 aliphatic carbocycles. The van der Waals surface area contributed by atoms with E-state index in [0.717, 1.165) is 19.6 Å². The zero-order valence-corrected chi connectivity index (χ0v) is 13.6. The van der Waals surface area contributed by atoms with Crippen molar-refractivity contribution in [1.29, 1.82) is 0 Å². The summed E-state index contributed by atoms with van der Waals surface area (Å²) in [4.78, 5) is 6.53. The lowest BCUT2D eigenvalue weighted by Crippen LogP contribution is -2.42. The summed E-state index contributed by atoms with van der Waals surface area (Å²) in [6.07, 6.45) is 6.11. The van der Waals surface area contributed by atoms with Crippen molar-refractivity contribution in [1.82, 2.24) is 10.3 Å². The van der Waals surface area contributed by atoms with Crippen molar-refractivity contribution in [3.63, 3.8) is 0 Å². The van der Waals surface area contributed by atoms with E-state index in [1.807, 2.05) is 12.4 Å². The number of pyridine rings is 1. The number of anilines is 1. The van der Waals surface area contributed by atoms with Crippen molar-refractivity contribution in [2.75, 3.05) is 18.0 Å². The van der Waals surface area contributed by atoms with Gasteiger partial charge < -0.3 is 10.2 Å². The average Bonchev–Trinajstić information content (AvgIpc) is 2.55. The number of rotatable bonds is 4. The minimum absolute atomic E-state index is 0.607. The second-order valence-corrected chi connectivity index (χ2v) is 6.29. The lowest BCUT2D eigenvalue weighted by atomic mass is 10.0. The van der Waals surface area contributed by atoms with Crippen LogP contribution in [0.3, 0.4) is 0 Å². The maximum atomic E-state index is 4.08. The van der Waals surface area contributed by atoms with Crippen molar-refractivity contribution >= 4 is 21.6 Å². The van der Waals surface area contributed by atoms with Gasteiger partial charge in [0, 0.05) is 48.2 Å². The Morgan fingerprint density at radius 2 is 1.81 bits per heavy atom. The largest absolute Gasteiger partial charge is 0.371 e.